The largest absolute Gasteiger partial charge is 0.493 e. The number of amides is 7. The van der Waals surface area contributed by atoms with Crippen LogP contribution in [0.5, 0.6) is 23.0 Å². The molecule has 0 spiro atoms. The molecule has 5 unspecified atom stereocenters. The highest BCUT2D eigenvalue weighted by Gasteiger charge is 2.45. The number of hydrogen-bond donors (Lipinski definition) is 5. The van der Waals surface area contributed by atoms with E-state index in [1.807, 2.05) is 98.9 Å². The van der Waals surface area contributed by atoms with Crippen molar-refractivity contribution in [1.29, 1.82) is 0 Å². The van der Waals surface area contributed by atoms with Crippen molar-refractivity contribution < 1.29 is 81.3 Å². The average Bonchev–Trinajstić information content (AvgIpc) is 1.63. The third kappa shape index (κ3) is 21.5. The average molecular weight is 1360 g/mol. The number of methoxy groups -OCH3 is 2. The number of anilines is 2. The van der Waals surface area contributed by atoms with Gasteiger partial charge in [0.1, 0.15) is 18.7 Å². The molecule has 0 aliphatic carbocycles. The van der Waals surface area contributed by atoms with Crippen molar-refractivity contribution in [3.8, 4) is 23.0 Å². The molecular weight excluding hydrogens is 1270 g/mol. The van der Waals surface area contributed by atoms with Crippen LogP contribution in [0.25, 0.3) is 0 Å². The second kappa shape index (κ2) is 38.3. The molecule has 4 aromatic carbocycles. The molecule has 0 bridgehead atoms. The Morgan fingerprint density at radius 3 is 1.83 bits per heavy atom. The molecule has 0 fully saturated rings. The fourth-order valence-corrected chi connectivity index (χ4v) is 11.0. The lowest BCUT2D eigenvalue weighted by atomic mass is 10.0. The number of hydrogen-bond acceptors (Lipinski definition) is 18. The molecule has 7 amide bonds. The summed E-state index contributed by atoms with van der Waals surface area (Å²) < 4.78 is 51.8. The van der Waals surface area contributed by atoms with Gasteiger partial charge in [-0.3, -0.25) is 33.8 Å². The third-order valence-corrected chi connectivity index (χ3v) is 16.1. The molecule has 5 N–H and O–H groups in total. The summed E-state index contributed by atoms with van der Waals surface area (Å²) in [5.74, 6) is -1.49. The number of nitrogens with zero attached hydrogens (tertiary/aromatic N) is 4. The minimum absolute atomic E-state index is 0.0118. The summed E-state index contributed by atoms with van der Waals surface area (Å²) in [4.78, 5) is 103. The van der Waals surface area contributed by atoms with Crippen molar-refractivity contribution in [1.82, 2.24) is 25.8 Å². The van der Waals surface area contributed by atoms with E-state index < -0.39 is 54.1 Å². The lowest BCUT2D eigenvalue weighted by Gasteiger charge is -2.31. The first-order chi connectivity index (χ1) is 48.0. The van der Waals surface area contributed by atoms with Crippen LogP contribution in [0.2, 0.25) is 0 Å². The van der Waals surface area contributed by atoms with Gasteiger partial charge in [-0.15, -0.1) is 0 Å². The van der Waals surface area contributed by atoms with Crippen LogP contribution in [0.3, 0.4) is 0 Å². The van der Waals surface area contributed by atoms with E-state index in [2.05, 4.69) is 26.3 Å². The van der Waals surface area contributed by atoms with E-state index in [1.54, 1.807) is 67.6 Å². The van der Waals surface area contributed by atoms with Crippen LogP contribution < -0.4 is 45.1 Å². The maximum absolute atomic E-state index is 14.4. The second-order valence-corrected chi connectivity index (χ2v) is 23.8. The molecule has 25 nitrogen and oxygen atoms in total. The Kier molecular flexibility index (Phi) is 29.0. The number of aliphatic hydroxyl groups excluding tert-OH is 1. The normalized spacial score (nSPS) is 16.7. The van der Waals surface area contributed by atoms with Gasteiger partial charge in [0.05, 0.1) is 121 Å². The van der Waals surface area contributed by atoms with Crippen LogP contribution in [0.1, 0.15) is 92.1 Å². The summed E-state index contributed by atoms with van der Waals surface area (Å²) in [6, 6.07) is 26.8. The maximum Gasteiger partial charge on any atom is 0.416 e. The van der Waals surface area contributed by atoms with Gasteiger partial charge >= 0.3 is 6.09 Å². The Hall–Kier alpha value is -9.92. The molecule has 0 saturated heterocycles. The molecule has 25 heteroatoms. The van der Waals surface area contributed by atoms with E-state index in [9.17, 15) is 38.7 Å². The van der Waals surface area contributed by atoms with E-state index >= 15 is 0 Å². The molecule has 4 aliphatic heterocycles. The van der Waals surface area contributed by atoms with Gasteiger partial charge in [-0.2, -0.15) is 0 Å². The van der Waals surface area contributed by atoms with E-state index in [1.165, 1.54) is 38.2 Å². The lowest BCUT2D eigenvalue weighted by molar-refractivity contribution is -0.132. The number of aliphatic imine (C=N–C) groups is 1. The van der Waals surface area contributed by atoms with Gasteiger partial charge in [0.2, 0.25) is 23.6 Å². The fraction of sp³-hybridized carbons (Fsp3) is 0.405. The van der Waals surface area contributed by atoms with E-state index in [4.69, 9.17) is 42.6 Å². The first kappa shape index (κ1) is 74.9. The van der Waals surface area contributed by atoms with Gasteiger partial charge in [0.15, 0.2) is 29.2 Å². The lowest BCUT2D eigenvalue weighted by Crippen LogP contribution is -2.53. The summed E-state index contributed by atoms with van der Waals surface area (Å²) in [5, 5.41) is 23.2. The van der Waals surface area contributed by atoms with Crippen LogP contribution in [0.4, 0.5) is 21.9 Å². The van der Waals surface area contributed by atoms with E-state index in [0.29, 0.717) is 86.4 Å². The minimum Gasteiger partial charge on any atom is -0.493 e. The Morgan fingerprint density at radius 1 is 0.626 bits per heavy atom. The monoisotopic (exact) mass is 1360 g/mol. The van der Waals surface area contributed by atoms with Crippen LogP contribution in [0.15, 0.2) is 156 Å². The highest BCUT2D eigenvalue weighted by Crippen LogP contribution is 2.43. The highest BCUT2D eigenvalue weighted by molar-refractivity contribution is 6.07. The first-order valence-corrected chi connectivity index (χ1v) is 33.1. The SMILES string of the molecule is CC=CC1=CN2C(=O)c3cc(OC)c(OCCCOc4cc5c(cc4OC)C(=O)N4C=C(C=CC)CC4C(O)N5C(=O)OCc4ccc(NC(=O)C(C)NC(=O)C(NC(=O)CCOCCOCCOCCOCCNC(=O)Cc5ccccccccc5)C(C)C)cc4)cc3N=CC2C1. The second-order valence-electron chi connectivity index (χ2n) is 23.8. The number of benzene rings is 3. The third-order valence-electron chi connectivity index (χ3n) is 16.1. The highest BCUT2D eigenvalue weighted by atomic mass is 16.6. The van der Waals surface area contributed by atoms with Crippen LogP contribution >= 0.6 is 0 Å². The predicted octanol–water partition coefficient (Wildman–Crippen LogP) is 8.62. The molecule has 4 aromatic rings. The van der Waals surface area contributed by atoms with Gasteiger partial charge in [-0.05, 0) is 86.1 Å². The zero-order valence-electron chi connectivity index (χ0n) is 57.1. The minimum atomic E-state index is -1.58. The molecular formula is C74H90N8O17. The number of carbonyl (C=O) groups is 7. The van der Waals surface area contributed by atoms with Gasteiger partial charge in [0.25, 0.3) is 11.8 Å². The molecule has 4 aliphatic rings. The predicted molar refractivity (Wildman–Crippen MR) is 371 cm³/mol. The fourth-order valence-electron chi connectivity index (χ4n) is 11.0. The molecule has 0 radical (unpaired) electrons. The molecule has 0 aromatic heterocycles. The molecule has 8 rings (SSSR count). The zero-order valence-corrected chi connectivity index (χ0v) is 57.1. The smallest absolute Gasteiger partial charge is 0.416 e. The van der Waals surface area contributed by atoms with Crippen molar-refractivity contribution in [3.05, 3.63) is 173 Å². The Balaban J connectivity index is 0.752. The maximum atomic E-state index is 14.4. The summed E-state index contributed by atoms with van der Waals surface area (Å²) >= 11 is 0. The molecule has 5 atom stereocenters. The number of fused-ring (bicyclic) bond motifs is 4. The number of aliphatic hydroxyl groups is 1. The van der Waals surface area contributed by atoms with E-state index in [-0.39, 0.29) is 105 Å². The Morgan fingerprint density at radius 2 is 1.20 bits per heavy atom. The van der Waals surface area contributed by atoms with E-state index in [0.717, 1.165) is 21.6 Å². The van der Waals surface area contributed by atoms with Gasteiger partial charge in [-0.1, -0.05) is 105 Å². The topological polar surface area (TPSA) is 293 Å². The number of rotatable bonds is 35. The van der Waals surface area contributed by atoms with Crippen molar-refractivity contribution in [2.45, 2.75) is 104 Å². The zero-order chi connectivity index (χ0) is 70.6. The molecule has 99 heavy (non-hydrogen) atoms. The molecule has 0 saturated carbocycles. The molecule has 4 heterocycles. The van der Waals surface area contributed by atoms with Crippen molar-refractivity contribution in [3.63, 3.8) is 0 Å². The van der Waals surface area contributed by atoms with Gasteiger partial charge in [0, 0.05) is 55.8 Å². The van der Waals surface area contributed by atoms with Gasteiger partial charge in [-0.25, -0.2) is 9.69 Å². The van der Waals surface area contributed by atoms with Crippen molar-refractivity contribution in [2.75, 3.05) is 97.0 Å². The molecule has 528 valence electrons. The summed E-state index contributed by atoms with van der Waals surface area (Å²) in [6.45, 7) is 11.5. The Bertz CT molecular complexity index is 3660. The van der Waals surface area contributed by atoms with Crippen molar-refractivity contribution in [2.24, 2.45) is 10.9 Å². The first-order valence-electron chi connectivity index (χ1n) is 33.1. The Labute approximate surface area is 577 Å². The van der Waals surface area contributed by atoms with Crippen molar-refractivity contribution >= 4 is 64.8 Å². The number of ether oxygens (including phenoxy) is 9. The summed E-state index contributed by atoms with van der Waals surface area (Å²) in [7, 11) is 2.91. The number of nitrogens with one attached hydrogen (secondary N) is 4. The quantitative estimate of drug-likeness (QED) is 0.0269. The summed E-state index contributed by atoms with van der Waals surface area (Å²) in [5.41, 5.74) is 4.47. The van der Waals surface area contributed by atoms with Crippen LogP contribution in [-0.2, 0) is 55.9 Å². The van der Waals surface area contributed by atoms with Crippen LogP contribution in [0, 0.1) is 5.92 Å². The van der Waals surface area contributed by atoms with Crippen LogP contribution in [-0.4, -0.2) is 180 Å². The standard InChI is InChI=1S/C74H90N8O17/c1-8-18-53-38-56-45-76-59-43-64(62(91-6)41-57(59)71(87)80(56)46-53)97-28-17-29-98-65-44-60-58(42-63(65)92-7)72(88)81-47-54(19-9-2)39-61(81)73(89)82(60)74(90)99-48-52-22-24-55(25-23-52)78-69(85)50(5)77-70(86)68(49(3)4)79-66(83)26-30-93-32-34-95-36-37-96-35-33-94-31-27-75-67(84)40-51-20-15-13-11-10-12-14-16-21-51/h8-16,18-25,41-47,49-50,56,61,68,73,89H,17,26-40,48H2,1-7H3,(H,75,84)(H,77,86)(H,78,85)(H,79,83). The summed E-state index contributed by atoms with van der Waals surface area (Å²) in [6.07, 6.45) is 11.7. The van der Waals surface area contributed by atoms with Gasteiger partial charge < -0.3 is 78.8 Å². The number of carbonyl (C=O) groups excluding carboxylic acids is 7. The number of allylic oxidation sites excluding steroid dienone is 4.